The molecule has 3 aromatic rings. The molecule has 0 unspecified atom stereocenters. The average molecular weight is 497 g/mol. The molecule has 0 atom stereocenters. The maximum absolute atomic E-state index is 12.9. The molecule has 0 bridgehead atoms. The van der Waals surface area contributed by atoms with Crippen molar-refractivity contribution in [3.63, 3.8) is 0 Å². The van der Waals surface area contributed by atoms with Crippen molar-refractivity contribution in [1.29, 1.82) is 0 Å². The number of halogens is 5. The van der Waals surface area contributed by atoms with Gasteiger partial charge in [0.15, 0.2) is 5.65 Å². The van der Waals surface area contributed by atoms with Gasteiger partial charge in [0.1, 0.15) is 17.6 Å². The van der Waals surface area contributed by atoms with Crippen molar-refractivity contribution in [3.8, 4) is 0 Å². The minimum Gasteiger partial charge on any atom is -0.370 e. The number of fused-ring (bicyclic) bond motifs is 1. The molecule has 188 valence electrons. The molecular weight excluding hydrogens is 473 g/mol. The van der Waals surface area contributed by atoms with Gasteiger partial charge in [0.25, 0.3) is 12.0 Å². The zero-order valence-corrected chi connectivity index (χ0v) is 19.0. The van der Waals surface area contributed by atoms with E-state index in [1.807, 2.05) is 4.90 Å². The number of alkyl halides is 5. The van der Waals surface area contributed by atoms with E-state index in [-0.39, 0.29) is 22.0 Å². The normalized spacial score (nSPS) is 18.4. The topological polar surface area (TPSA) is 72.1 Å². The summed E-state index contributed by atoms with van der Waals surface area (Å²) in [4.78, 5) is 24.9. The number of rotatable bonds is 4. The van der Waals surface area contributed by atoms with E-state index in [9.17, 15) is 26.7 Å². The molecule has 0 N–H and O–H groups in total. The molecule has 0 amide bonds. The lowest BCUT2D eigenvalue weighted by Crippen LogP contribution is -2.44. The van der Waals surface area contributed by atoms with Crippen molar-refractivity contribution in [2.45, 2.75) is 38.4 Å². The fourth-order valence-electron chi connectivity index (χ4n) is 5.12. The molecule has 0 aliphatic carbocycles. The molecular formula is C22H24F5N7O. The monoisotopic (exact) mass is 497 g/mol. The van der Waals surface area contributed by atoms with Crippen molar-refractivity contribution in [1.82, 2.24) is 24.3 Å². The van der Waals surface area contributed by atoms with Crippen LogP contribution in [0.5, 0.6) is 0 Å². The van der Waals surface area contributed by atoms with Crippen LogP contribution in [0.15, 0.2) is 29.3 Å². The Morgan fingerprint density at radius 2 is 1.74 bits per heavy atom. The SMILES string of the molecule is Cn1c(N2CCC3(CCN(c4ccc(C(F)(F)F)nc4)C3)CC2)nc2c(cnn2CC(F)F)c1=O. The van der Waals surface area contributed by atoms with E-state index in [0.717, 1.165) is 36.6 Å². The van der Waals surface area contributed by atoms with Gasteiger partial charge in [0.2, 0.25) is 5.95 Å². The first-order valence-electron chi connectivity index (χ1n) is 11.3. The van der Waals surface area contributed by atoms with E-state index in [0.29, 0.717) is 31.3 Å². The van der Waals surface area contributed by atoms with Crippen LogP contribution in [0.1, 0.15) is 25.0 Å². The van der Waals surface area contributed by atoms with Crippen LogP contribution >= 0.6 is 0 Å². The van der Waals surface area contributed by atoms with Gasteiger partial charge in [-0.3, -0.25) is 9.36 Å². The van der Waals surface area contributed by atoms with E-state index >= 15 is 0 Å². The second-order valence-electron chi connectivity index (χ2n) is 9.29. The highest BCUT2D eigenvalue weighted by molar-refractivity contribution is 5.74. The number of pyridine rings is 1. The van der Waals surface area contributed by atoms with Crippen molar-refractivity contribution < 1.29 is 22.0 Å². The highest BCUT2D eigenvalue weighted by atomic mass is 19.4. The third-order valence-electron chi connectivity index (χ3n) is 7.11. The summed E-state index contributed by atoms with van der Waals surface area (Å²) < 4.78 is 66.7. The first kappa shape index (κ1) is 23.5. The maximum atomic E-state index is 12.9. The Balaban J connectivity index is 1.31. The summed E-state index contributed by atoms with van der Waals surface area (Å²) in [7, 11) is 1.61. The smallest absolute Gasteiger partial charge is 0.370 e. The summed E-state index contributed by atoms with van der Waals surface area (Å²) in [6.07, 6.45) is -2.03. The third-order valence-corrected chi connectivity index (χ3v) is 7.11. The summed E-state index contributed by atoms with van der Waals surface area (Å²) in [6, 6.07) is 2.46. The fraction of sp³-hybridized carbons (Fsp3) is 0.545. The number of hydrogen-bond donors (Lipinski definition) is 0. The standard InChI is InChI=1S/C22H24F5N7O/c1-31-19(35)15-11-29-34(12-17(23)24)18(15)30-20(31)32-7-4-21(5-8-32)6-9-33(13-21)14-2-3-16(28-10-14)22(25,26)27/h2-3,10-11,17H,4-9,12-13H2,1H3. The first-order valence-corrected chi connectivity index (χ1v) is 11.3. The number of anilines is 2. The van der Waals surface area contributed by atoms with Crippen molar-refractivity contribution in [2.75, 3.05) is 36.0 Å². The Bertz CT molecular complexity index is 1280. The molecule has 5 rings (SSSR count). The van der Waals surface area contributed by atoms with E-state index in [1.54, 1.807) is 7.05 Å². The molecule has 13 heteroatoms. The molecule has 5 heterocycles. The van der Waals surface area contributed by atoms with Crippen LogP contribution in [0.3, 0.4) is 0 Å². The molecule has 1 spiro atoms. The fourth-order valence-corrected chi connectivity index (χ4v) is 5.12. The molecule has 2 aliphatic rings. The average Bonchev–Trinajstić information content (AvgIpc) is 3.41. The molecule has 3 aromatic heterocycles. The maximum Gasteiger partial charge on any atom is 0.433 e. The Kier molecular flexibility index (Phi) is 5.67. The first-order chi connectivity index (χ1) is 16.6. The Hall–Kier alpha value is -3.25. The molecule has 8 nitrogen and oxygen atoms in total. The summed E-state index contributed by atoms with van der Waals surface area (Å²) in [5.41, 5.74) is -0.440. The molecule has 2 saturated heterocycles. The second-order valence-corrected chi connectivity index (χ2v) is 9.29. The van der Waals surface area contributed by atoms with Crippen LogP contribution in [-0.2, 0) is 19.8 Å². The summed E-state index contributed by atoms with van der Waals surface area (Å²) in [5, 5.41) is 4.10. The van der Waals surface area contributed by atoms with Gasteiger partial charge in [-0.25, -0.2) is 18.4 Å². The van der Waals surface area contributed by atoms with Crippen molar-refractivity contribution in [3.05, 3.63) is 40.6 Å². The van der Waals surface area contributed by atoms with Gasteiger partial charge in [-0.15, -0.1) is 0 Å². The van der Waals surface area contributed by atoms with Crippen LogP contribution in [0.4, 0.5) is 33.6 Å². The molecule has 35 heavy (non-hydrogen) atoms. The van der Waals surface area contributed by atoms with Crippen molar-refractivity contribution >= 4 is 22.7 Å². The van der Waals surface area contributed by atoms with E-state index in [1.165, 1.54) is 23.0 Å². The van der Waals surface area contributed by atoms with Gasteiger partial charge in [0, 0.05) is 33.2 Å². The highest BCUT2D eigenvalue weighted by Crippen LogP contribution is 2.42. The Morgan fingerprint density at radius 1 is 1.06 bits per heavy atom. The Labute approximate surface area is 197 Å². The van der Waals surface area contributed by atoms with Crippen LogP contribution in [-0.4, -0.2) is 56.9 Å². The molecule has 2 aliphatic heterocycles. The molecule has 0 saturated carbocycles. The van der Waals surface area contributed by atoms with E-state index in [2.05, 4.69) is 20.0 Å². The van der Waals surface area contributed by atoms with Gasteiger partial charge >= 0.3 is 6.18 Å². The third kappa shape index (κ3) is 4.31. The predicted molar refractivity (Wildman–Crippen MR) is 119 cm³/mol. The van der Waals surface area contributed by atoms with Gasteiger partial charge in [0.05, 0.1) is 18.1 Å². The Morgan fingerprint density at radius 3 is 2.34 bits per heavy atom. The zero-order valence-electron chi connectivity index (χ0n) is 19.0. The molecule has 2 fully saturated rings. The molecule has 0 aromatic carbocycles. The van der Waals surface area contributed by atoms with Crippen LogP contribution in [0, 0.1) is 5.41 Å². The van der Waals surface area contributed by atoms with Gasteiger partial charge in [-0.1, -0.05) is 0 Å². The lowest BCUT2D eigenvalue weighted by molar-refractivity contribution is -0.141. The minimum absolute atomic E-state index is 0.000382. The summed E-state index contributed by atoms with van der Waals surface area (Å²) in [5.74, 6) is 0.412. The number of nitrogens with zero attached hydrogens (tertiary/aromatic N) is 7. The number of aromatic nitrogens is 5. The minimum atomic E-state index is -4.47. The summed E-state index contributed by atoms with van der Waals surface area (Å²) in [6.45, 7) is 2.03. The van der Waals surface area contributed by atoms with E-state index < -0.39 is 24.8 Å². The van der Waals surface area contributed by atoms with Gasteiger partial charge in [-0.05, 0) is 36.8 Å². The molecule has 0 radical (unpaired) electrons. The number of hydrogen-bond acceptors (Lipinski definition) is 6. The van der Waals surface area contributed by atoms with Crippen LogP contribution < -0.4 is 15.4 Å². The van der Waals surface area contributed by atoms with Gasteiger partial charge < -0.3 is 9.80 Å². The zero-order chi connectivity index (χ0) is 25.0. The van der Waals surface area contributed by atoms with Crippen LogP contribution in [0.2, 0.25) is 0 Å². The van der Waals surface area contributed by atoms with E-state index in [4.69, 9.17) is 0 Å². The van der Waals surface area contributed by atoms with Gasteiger partial charge in [-0.2, -0.15) is 23.3 Å². The number of piperidine rings is 1. The highest BCUT2D eigenvalue weighted by Gasteiger charge is 2.41. The van der Waals surface area contributed by atoms with Crippen molar-refractivity contribution in [2.24, 2.45) is 12.5 Å². The van der Waals surface area contributed by atoms with Crippen LogP contribution in [0.25, 0.3) is 11.0 Å². The second kappa shape index (κ2) is 8.45. The largest absolute Gasteiger partial charge is 0.433 e. The lowest BCUT2D eigenvalue weighted by Gasteiger charge is -2.40. The lowest BCUT2D eigenvalue weighted by atomic mass is 9.78. The quantitative estimate of drug-likeness (QED) is 0.516. The summed E-state index contributed by atoms with van der Waals surface area (Å²) >= 11 is 0. The predicted octanol–water partition coefficient (Wildman–Crippen LogP) is 3.31.